The van der Waals surface area contributed by atoms with Crippen LogP contribution < -0.4 is 5.32 Å². The fourth-order valence-electron chi connectivity index (χ4n) is 4.92. The van der Waals surface area contributed by atoms with Gasteiger partial charge in [0.1, 0.15) is 17.8 Å². The van der Waals surface area contributed by atoms with E-state index in [0.717, 1.165) is 59.5 Å². The zero-order chi connectivity index (χ0) is 23.5. The van der Waals surface area contributed by atoms with Gasteiger partial charge in [-0.15, -0.1) is 0 Å². The molecule has 0 bridgehead atoms. The Morgan fingerprint density at radius 3 is 2.41 bits per heavy atom. The molecule has 7 heteroatoms. The molecule has 2 aromatic heterocycles. The highest BCUT2D eigenvalue weighted by molar-refractivity contribution is 6.30. The van der Waals surface area contributed by atoms with Gasteiger partial charge >= 0.3 is 0 Å². The first-order valence-electron chi connectivity index (χ1n) is 11.7. The molecular weight excluding hydrogens is 449 g/mol. The Morgan fingerprint density at radius 2 is 1.74 bits per heavy atom. The standard InChI is InChI=1S/C27H27ClFN5/c1-17(18-4-10-22(29)11-5-18)32-23-12-6-20(7-13-23)27-25(24-14-15-30-16-31-24)26(33-34-27)19-2-8-21(28)9-3-19/h2-5,8-11,14-17,20,23,32H,6-7,12-13H2,1H3,(H,33,34)/t17-,20?,23?/m0/s1. The molecule has 0 saturated heterocycles. The molecule has 4 aromatic rings. The number of aromatic nitrogens is 4. The number of halogens is 2. The van der Waals surface area contributed by atoms with Gasteiger partial charge in [0, 0.05) is 46.0 Å². The van der Waals surface area contributed by atoms with Crippen LogP contribution in [-0.2, 0) is 0 Å². The molecule has 1 saturated carbocycles. The average molecular weight is 476 g/mol. The van der Waals surface area contributed by atoms with Crippen molar-refractivity contribution in [1.29, 1.82) is 0 Å². The SMILES string of the molecule is C[C@H](NC1CCC(c2[nH]nc(-c3ccc(Cl)cc3)c2-c2ccncn2)CC1)c1ccc(F)cc1. The van der Waals surface area contributed by atoms with Gasteiger partial charge in [0.2, 0.25) is 0 Å². The largest absolute Gasteiger partial charge is 0.307 e. The van der Waals surface area contributed by atoms with Crippen LogP contribution in [0.4, 0.5) is 4.39 Å². The Balaban J connectivity index is 1.34. The predicted molar refractivity (Wildman–Crippen MR) is 133 cm³/mol. The average Bonchev–Trinajstić information content (AvgIpc) is 3.31. The van der Waals surface area contributed by atoms with Crippen molar-refractivity contribution < 1.29 is 4.39 Å². The number of nitrogens with one attached hydrogen (secondary N) is 2. The highest BCUT2D eigenvalue weighted by Gasteiger charge is 2.29. The summed E-state index contributed by atoms with van der Waals surface area (Å²) in [7, 11) is 0. The minimum atomic E-state index is -0.200. The Bertz CT molecular complexity index is 1220. The van der Waals surface area contributed by atoms with E-state index in [-0.39, 0.29) is 11.9 Å². The molecule has 2 aromatic carbocycles. The molecule has 0 aliphatic heterocycles. The monoisotopic (exact) mass is 475 g/mol. The van der Waals surface area contributed by atoms with Gasteiger partial charge in [-0.3, -0.25) is 5.10 Å². The molecule has 0 unspecified atom stereocenters. The van der Waals surface area contributed by atoms with Crippen LogP contribution in [-0.4, -0.2) is 26.2 Å². The van der Waals surface area contributed by atoms with Gasteiger partial charge in [-0.1, -0.05) is 35.9 Å². The first-order chi connectivity index (χ1) is 16.6. The summed E-state index contributed by atoms with van der Waals surface area (Å²) in [5, 5.41) is 12.5. The van der Waals surface area contributed by atoms with E-state index in [1.54, 1.807) is 12.5 Å². The van der Waals surface area contributed by atoms with Gasteiger partial charge < -0.3 is 5.32 Å². The third kappa shape index (κ3) is 4.88. The minimum Gasteiger partial charge on any atom is -0.307 e. The summed E-state index contributed by atoms with van der Waals surface area (Å²) in [5.74, 6) is 0.172. The van der Waals surface area contributed by atoms with Crippen molar-refractivity contribution in [1.82, 2.24) is 25.5 Å². The summed E-state index contributed by atoms with van der Waals surface area (Å²) in [6.07, 6.45) is 7.57. The van der Waals surface area contributed by atoms with Gasteiger partial charge in [-0.25, -0.2) is 14.4 Å². The normalized spacial score (nSPS) is 19.1. The van der Waals surface area contributed by atoms with E-state index < -0.39 is 0 Å². The maximum Gasteiger partial charge on any atom is 0.123 e. The lowest BCUT2D eigenvalue weighted by molar-refractivity contribution is 0.319. The third-order valence-corrected chi connectivity index (χ3v) is 6.99. The molecule has 2 heterocycles. The van der Waals surface area contributed by atoms with Crippen molar-refractivity contribution in [3.05, 3.63) is 89.2 Å². The zero-order valence-corrected chi connectivity index (χ0v) is 19.8. The summed E-state index contributed by atoms with van der Waals surface area (Å²) in [5.41, 5.74) is 6.04. The minimum absolute atomic E-state index is 0.183. The summed E-state index contributed by atoms with van der Waals surface area (Å²) in [4.78, 5) is 8.63. The molecule has 174 valence electrons. The van der Waals surface area contributed by atoms with Gasteiger partial charge in [0.25, 0.3) is 0 Å². The van der Waals surface area contributed by atoms with Crippen LogP contribution >= 0.6 is 11.6 Å². The molecule has 1 aliphatic rings. The zero-order valence-electron chi connectivity index (χ0n) is 19.0. The number of hydrogen-bond donors (Lipinski definition) is 2. The fourth-order valence-corrected chi connectivity index (χ4v) is 5.04. The topological polar surface area (TPSA) is 66.5 Å². The molecular formula is C27H27ClFN5. The second-order valence-electron chi connectivity index (χ2n) is 8.95. The van der Waals surface area contributed by atoms with Crippen LogP contribution in [0.1, 0.15) is 55.8 Å². The van der Waals surface area contributed by atoms with Crippen molar-refractivity contribution in [3.8, 4) is 22.5 Å². The lowest BCUT2D eigenvalue weighted by Gasteiger charge is -2.31. The van der Waals surface area contributed by atoms with Crippen LogP contribution in [0.15, 0.2) is 67.1 Å². The van der Waals surface area contributed by atoms with Gasteiger partial charge in [0.05, 0.1) is 5.69 Å². The van der Waals surface area contributed by atoms with Gasteiger partial charge in [-0.05, 0) is 68.5 Å². The third-order valence-electron chi connectivity index (χ3n) is 6.74. The lowest BCUT2D eigenvalue weighted by Crippen LogP contribution is -2.34. The van der Waals surface area contributed by atoms with Crippen LogP contribution in [0.3, 0.4) is 0 Å². The highest BCUT2D eigenvalue weighted by atomic mass is 35.5. The van der Waals surface area contributed by atoms with Gasteiger partial charge in [-0.2, -0.15) is 5.10 Å². The Labute approximate surface area is 203 Å². The van der Waals surface area contributed by atoms with E-state index in [0.29, 0.717) is 17.0 Å². The predicted octanol–water partition coefficient (Wildman–Crippen LogP) is 6.70. The summed E-state index contributed by atoms with van der Waals surface area (Å²) < 4.78 is 13.3. The maximum absolute atomic E-state index is 13.3. The molecule has 34 heavy (non-hydrogen) atoms. The van der Waals surface area contributed by atoms with Crippen LogP contribution in [0, 0.1) is 5.82 Å². The molecule has 1 atom stereocenters. The molecule has 5 rings (SSSR count). The van der Waals surface area contributed by atoms with Crippen molar-refractivity contribution >= 4 is 11.6 Å². The van der Waals surface area contributed by atoms with Crippen LogP contribution in [0.5, 0.6) is 0 Å². The Hall–Kier alpha value is -3.09. The van der Waals surface area contributed by atoms with E-state index in [2.05, 4.69) is 27.3 Å². The number of nitrogens with zero attached hydrogens (tertiary/aromatic N) is 3. The first kappa shape index (κ1) is 22.7. The second kappa shape index (κ2) is 10.0. The molecule has 0 amide bonds. The van der Waals surface area contributed by atoms with Crippen LogP contribution in [0.2, 0.25) is 5.02 Å². The van der Waals surface area contributed by atoms with Crippen molar-refractivity contribution in [2.24, 2.45) is 0 Å². The van der Waals surface area contributed by atoms with E-state index in [4.69, 9.17) is 16.7 Å². The maximum atomic E-state index is 13.3. The number of rotatable bonds is 6. The van der Waals surface area contributed by atoms with E-state index in [9.17, 15) is 4.39 Å². The second-order valence-corrected chi connectivity index (χ2v) is 9.39. The molecule has 1 fully saturated rings. The Kier molecular flexibility index (Phi) is 6.70. The van der Waals surface area contributed by atoms with Crippen molar-refractivity contribution in [3.63, 3.8) is 0 Å². The lowest BCUT2D eigenvalue weighted by atomic mass is 9.81. The number of aromatic amines is 1. The Morgan fingerprint density at radius 1 is 1.00 bits per heavy atom. The van der Waals surface area contributed by atoms with Crippen molar-refractivity contribution in [2.45, 2.75) is 50.6 Å². The smallest absolute Gasteiger partial charge is 0.123 e. The summed E-state index contributed by atoms with van der Waals surface area (Å²) in [6.45, 7) is 2.14. The molecule has 0 spiro atoms. The number of benzene rings is 2. The van der Waals surface area contributed by atoms with E-state index in [1.165, 1.54) is 12.1 Å². The summed E-state index contributed by atoms with van der Waals surface area (Å²) in [6, 6.07) is 17.1. The first-order valence-corrected chi connectivity index (χ1v) is 12.1. The highest BCUT2D eigenvalue weighted by Crippen LogP contribution is 2.41. The number of hydrogen-bond acceptors (Lipinski definition) is 4. The quantitative estimate of drug-likeness (QED) is 0.325. The molecule has 0 radical (unpaired) electrons. The molecule has 2 N–H and O–H groups in total. The number of H-pyrrole nitrogens is 1. The van der Waals surface area contributed by atoms with Gasteiger partial charge in [0.15, 0.2) is 0 Å². The fraction of sp³-hybridized carbons (Fsp3) is 0.296. The van der Waals surface area contributed by atoms with E-state index in [1.807, 2.05) is 42.5 Å². The van der Waals surface area contributed by atoms with E-state index >= 15 is 0 Å². The molecule has 5 nitrogen and oxygen atoms in total. The van der Waals surface area contributed by atoms with Crippen LogP contribution in [0.25, 0.3) is 22.5 Å². The summed E-state index contributed by atoms with van der Waals surface area (Å²) >= 11 is 6.11. The van der Waals surface area contributed by atoms with Crippen molar-refractivity contribution in [2.75, 3.05) is 0 Å². The molecule has 1 aliphatic carbocycles.